The summed E-state index contributed by atoms with van der Waals surface area (Å²) in [6, 6.07) is 0. The molecular weight excluding hydrogens is 196 g/mol. The van der Waals surface area contributed by atoms with Crippen LogP contribution in [0.1, 0.15) is 12.8 Å². The first kappa shape index (κ1) is 12.4. The highest BCUT2D eigenvalue weighted by atomic mass is 16.5. The molecule has 0 aromatic rings. The van der Waals surface area contributed by atoms with Gasteiger partial charge in [0.05, 0.1) is 19.3 Å². The molecule has 0 unspecified atom stereocenters. The van der Waals surface area contributed by atoms with Crippen LogP contribution in [0.3, 0.4) is 0 Å². The topological polar surface area (TPSA) is 70.6 Å². The molecule has 0 aromatic heterocycles. The van der Waals surface area contributed by atoms with Crippen molar-refractivity contribution >= 4 is 5.91 Å². The van der Waals surface area contributed by atoms with E-state index in [1.54, 1.807) is 7.11 Å². The van der Waals surface area contributed by atoms with Gasteiger partial charge in [0, 0.05) is 13.7 Å². The predicted molar refractivity (Wildman–Crippen MR) is 56.5 cm³/mol. The SMILES string of the molecule is COCCNC(=O)CNCC1CC(O)C1. The number of hydrogen-bond donors (Lipinski definition) is 3. The number of rotatable bonds is 7. The number of carbonyl (C=O) groups excluding carboxylic acids is 1. The Hall–Kier alpha value is -0.650. The summed E-state index contributed by atoms with van der Waals surface area (Å²) in [6.07, 6.45) is 1.60. The Morgan fingerprint density at radius 1 is 1.53 bits per heavy atom. The van der Waals surface area contributed by atoms with Crippen LogP contribution in [-0.2, 0) is 9.53 Å². The number of amides is 1. The molecule has 15 heavy (non-hydrogen) atoms. The molecule has 5 nitrogen and oxygen atoms in total. The fraction of sp³-hybridized carbons (Fsp3) is 0.900. The van der Waals surface area contributed by atoms with Gasteiger partial charge in [0.1, 0.15) is 0 Å². The van der Waals surface area contributed by atoms with Crippen molar-refractivity contribution in [2.24, 2.45) is 5.92 Å². The summed E-state index contributed by atoms with van der Waals surface area (Å²) >= 11 is 0. The van der Waals surface area contributed by atoms with Gasteiger partial charge < -0.3 is 20.5 Å². The van der Waals surface area contributed by atoms with Crippen LogP contribution < -0.4 is 10.6 Å². The van der Waals surface area contributed by atoms with Gasteiger partial charge in [0.2, 0.25) is 5.91 Å². The Labute approximate surface area is 90.2 Å². The van der Waals surface area contributed by atoms with E-state index in [0.29, 0.717) is 25.6 Å². The average Bonchev–Trinajstić information content (AvgIpc) is 2.15. The Kier molecular flexibility index (Phi) is 5.60. The third-order valence-electron chi connectivity index (χ3n) is 2.56. The summed E-state index contributed by atoms with van der Waals surface area (Å²) in [7, 11) is 1.60. The second-order valence-corrected chi connectivity index (χ2v) is 3.96. The van der Waals surface area contributed by atoms with Crippen LogP contribution in [0.15, 0.2) is 0 Å². The smallest absolute Gasteiger partial charge is 0.234 e. The third kappa shape index (κ3) is 5.11. The zero-order chi connectivity index (χ0) is 11.1. The summed E-state index contributed by atoms with van der Waals surface area (Å²) < 4.78 is 4.81. The lowest BCUT2D eigenvalue weighted by Crippen LogP contribution is -2.41. The molecule has 0 atom stereocenters. The highest BCUT2D eigenvalue weighted by molar-refractivity contribution is 5.77. The number of hydrogen-bond acceptors (Lipinski definition) is 4. The van der Waals surface area contributed by atoms with E-state index in [1.165, 1.54) is 0 Å². The molecule has 88 valence electrons. The molecule has 1 amide bonds. The first-order chi connectivity index (χ1) is 7.22. The lowest BCUT2D eigenvalue weighted by atomic mass is 9.82. The number of aliphatic hydroxyl groups excluding tert-OH is 1. The lowest BCUT2D eigenvalue weighted by molar-refractivity contribution is -0.120. The highest BCUT2D eigenvalue weighted by Crippen LogP contribution is 2.25. The minimum absolute atomic E-state index is 0.00748. The molecule has 1 fully saturated rings. The number of methoxy groups -OCH3 is 1. The zero-order valence-electron chi connectivity index (χ0n) is 9.16. The minimum atomic E-state index is -0.118. The van der Waals surface area contributed by atoms with Crippen LogP contribution in [0.5, 0.6) is 0 Å². The van der Waals surface area contributed by atoms with E-state index in [4.69, 9.17) is 9.84 Å². The summed E-state index contributed by atoms with van der Waals surface area (Å²) in [5.41, 5.74) is 0. The first-order valence-electron chi connectivity index (χ1n) is 5.36. The maximum absolute atomic E-state index is 11.2. The minimum Gasteiger partial charge on any atom is -0.393 e. The quantitative estimate of drug-likeness (QED) is 0.483. The van der Waals surface area contributed by atoms with Gasteiger partial charge in [-0.1, -0.05) is 0 Å². The van der Waals surface area contributed by atoms with Gasteiger partial charge in [0.15, 0.2) is 0 Å². The Balaban J connectivity index is 1.88. The average molecular weight is 216 g/mol. The molecule has 1 aliphatic carbocycles. The highest BCUT2D eigenvalue weighted by Gasteiger charge is 2.26. The largest absolute Gasteiger partial charge is 0.393 e. The van der Waals surface area contributed by atoms with Gasteiger partial charge in [-0.25, -0.2) is 0 Å². The van der Waals surface area contributed by atoms with Crippen LogP contribution in [0.4, 0.5) is 0 Å². The van der Waals surface area contributed by atoms with E-state index in [2.05, 4.69) is 10.6 Å². The van der Waals surface area contributed by atoms with E-state index in [1.807, 2.05) is 0 Å². The monoisotopic (exact) mass is 216 g/mol. The molecule has 0 aromatic carbocycles. The van der Waals surface area contributed by atoms with Crippen molar-refractivity contribution in [1.82, 2.24) is 10.6 Å². The molecule has 5 heteroatoms. The Bertz CT molecular complexity index is 193. The van der Waals surface area contributed by atoms with Crippen LogP contribution in [0, 0.1) is 5.92 Å². The fourth-order valence-corrected chi connectivity index (χ4v) is 1.61. The number of aliphatic hydroxyl groups is 1. The van der Waals surface area contributed by atoms with Crippen molar-refractivity contribution in [1.29, 1.82) is 0 Å². The molecule has 0 heterocycles. The van der Waals surface area contributed by atoms with Gasteiger partial charge in [-0.3, -0.25) is 4.79 Å². The number of carbonyl (C=O) groups is 1. The molecule has 1 aliphatic rings. The van der Waals surface area contributed by atoms with Crippen molar-refractivity contribution in [3.05, 3.63) is 0 Å². The van der Waals surface area contributed by atoms with E-state index in [0.717, 1.165) is 19.4 Å². The van der Waals surface area contributed by atoms with Crippen molar-refractivity contribution in [2.45, 2.75) is 18.9 Å². The van der Waals surface area contributed by atoms with Crippen LogP contribution in [0.2, 0.25) is 0 Å². The third-order valence-corrected chi connectivity index (χ3v) is 2.56. The first-order valence-corrected chi connectivity index (χ1v) is 5.36. The van der Waals surface area contributed by atoms with E-state index >= 15 is 0 Å². The number of nitrogens with one attached hydrogen (secondary N) is 2. The van der Waals surface area contributed by atoms with Gasteiger partial charge in [-0.2, -0.15) is 0 Å². The molecule has 0 radical (unpaired) electrons. The van der Waals surface area contributed by atoms with Crippen molar-refractivity contribution in [3.8, 4) is 0 Å². The van der Waals surface area contributed by atoms with E-state index < -0.39 is 0 Å². The Morgan fingerprint density at radius 3 is 2.87 bits per heavy atom. The lowest BCUT2D eigenvalue weighted by Gasteiger charge is -2.31. The molecule has 0 bridgehead atoms. The standard InChI is InChI=1S/C10H20N2O3/c1-15-3-2-12-10(14)7-11-6-8-4-9(13)5-8/h8-9,11,13H,2-7H2,1H3,(H,12,14). The van der Waals surface area contributed by atoms with Crippen molar-refractivity contribution in [2.75, 3.05) is 33.4 Å². The van der Waals surface area contributed by atoms with E-state index in [9.17, 15) is 4.79 Å². The zero-order valence-corrected chi connectivity index (χ0v) is 9.16. The molecule has 3 N–H and O–H groups in total. The fourth-order valence-electron chi connectivity index (χ4n) is 1.61. The molecule has 0 aliphatic heterocycles. The second kappa shape index (κ2) is 6.76. The molecule has 0 saturated heterocycles. The van der Waals surface area contributed by atoms with Crippen LogP contribution in [-0.4, -0.2) is 50.5 Å². The normalized spacial score (nSPS) is 24.7. The summed E-state index contributed by atoms with van der Waals surface area (Å²) in [4.78, 5) is 11.2. The summed E-state index contributed by atoms with van der Waals surface area (Å²) in [5.74, 6) is 0.527. The molecule has 1 saturated carbocycles. The van der Waals surface area contributed by atoms with Gasteiger partial charge >= 0.3 is 0 Å². The maximum atomic E-state index is 11.2. The summed E-state index contributed by atoms with van der Waals surface area (Å²) in [6.45, 7) is 2.25. The van der Waals surface area contributed by atoms with Crippen molar-refractivity contribution in [3.63, 3.8) is 0 Å². The van der Waals surface area contributed by atoms with Crippen LogP contribution >= 0.6 is 0 Å². The molecular formula is C10H20N2O3. The summed E-state index contributed by atoms with van der Waals surface area (Å²) in [5, 5.41) is 14.8. The van der Waals surface area contributed by atoms with Gasteiger partial charge in [0.25, 0.3) is 0 Å². The Morgan fingerprint density at radius 2 is 2.27 bits per heavy atom. The van der Waals surface area contributed by atoms with Crippen molar-refractivity contribution < 1.29 is 14.6 Å². The van der Waals surface area contributed by atoms with E-state index in [-0.39, 0.29) is 12.0 Å². The molecule has 1 rings (SSSR count). The second-order valence-electron chi connectivity index (χ2n) is 3.96. The predicted octanol–water partition coefficient (Wildman–Crippen LogP) is -0.890. The van der Waals surface area contributed by atoms with Crippen LogP contribution in [0.25, 0.3) is 0 Å². The van der Waals surface area contributed by atoms with Gasteiger partial charge in [-0.15, -0.1) is 0 Å². The van der Waals surface area contributed by atoms with Gasteiger partial charge in [-0.05, 0) is 25.3 Å². The maximum Gasteiger partial charge on any atom is 0.234 e. The molecule has 0 spiro atoms. The number of ether oxygens (including phenoxy) is 1.